The Morgan fingerprint density at radius 2 is 2.05 bits per heavy atom. The largest absolute Gasteiger partial charge is 0.481 e. The average molecular weight is 299 g/mol. The molecule has 0 aliphatic heterocycles. The molecule has 1 aromatic heterocycles. The first-order valence-corrected chi connectivity index (χ1v) is 6.30. The molecule has 0 saturated heterocycles. The van der Waals surface area contributed by atoms with Gasteiger partial charge in [0, 0.05) is 5.92 Å². The van der Waals surface area contributed by atoms with Gasteiger partial charge < -0.3 is 5.11 Å². The van der Waals surface area contributed by atoms with Crippen LogP contribution in [0.3, 0.4) is 0 Å². The maximum atomic E-state index is 10.9. The summed E-state index contributed by atoms with van der Waals surface area (Å²) in [7, 11) is 0. The van der Waals surface area contributed by atoms with Gasteiger partial charge in [-0.3, -0.25) is 4.79 Å². The third-order valence-electron chi connectivity index (χ3n) is 3.08. The molecule has 2 aromatic rings. The van der Waals surface area contributed by atoms with Gasteiger partial charge in [-0.2, -0.15) is 4.68 Å². The Morgan fingerprint density at radius 3 is 2.63 bits per heavy atom. The predicted molar refractivity (Wildman–Crippen MR) is 67.7 cm³/mol. The second kappa shape index (κ2) is 4.47. The van der Waals surface area contributed by atoms with Crippen molar-refractivity contribution >= 4 is 29.2 Å². The minimum Gasteiger partial charge on any atom is -0.481 e. The highest BCUT2D eigenvalue weighted by Crippen LogP contribution is 2.47. The predicted octanol–water partition coefficient (Wildman–Crippen LogP) is 2.16. The van der Waals surface area contributed by atoms with E-state index >= 15 is 0 Å². The van der Waals surface area contributed by atoms with Crippen molar-refractivity contribution in [3.63, 3.8) is 0 Å². The van der Waals surface area contributed by atoms with Gasteiger partial charge in [-0.25, -0.2) is 0 Å². The molecular weight excluding hydrogens is 291 g/mol. The lowest BCUT2D eigenvalue weighted by Crippen LogP contribution is -2.06. The van der Waals surface area contributed by atoms with E-state index < -0.39 is 11.9 Å². The van der Waals surface area contributed by atoms with Gasteiger partial charge in [-0.1, -0.05) is 29.3 Å². The van der Waals surface area contributed by atoms with Crippen molar-refractivity contribution in [2.24, 2.45) is 5.92 Å². The summed E-state index contributed by atoms with van der Waals surface area (Å²) in [6.07, 6.45) is 0.526. The van der Waals surface area contributed by atoms with Crippen LogP contribution in [0.4, 0.5) is 0 Å². The molecule has 1 fully saturated rings. The van der Waals surface area contributed by atoms with Crippen molar-refractivity contribution < 1.29 is 9.90 Å². The molecule has 8 heteroatoms. The molecule has 1 aromatic carbocycles. The van der Waals surface area contributed by atoms with Crippen LogP contribution in [0.5, 0.6) is 0 Å². The molecule has 3 rings (SSSR count). The molecule has 2 unspecified atom stereocenters. The number of nitrogens with zero attached hydrogens (tertiary/aromatic N) is 4. The summed E-state index contributed by atoms with van der Waals surface area (Å²) < 4.78 is 1.41. The Hall–Kier alpha value is -1.66. The minimum atomic E-state index is -0.843. The van der Waals surface area contributed by atoms with Crippen molar-refractivity contribution in [3.05, 3.63) is 34.1 Å². The van der Waals surface area contributed by atoms with Crippen molar-refractivity contribution in [2.75, 3.05) is 0 Å². The number of carboxylic acid groups (broad SMARTS) is 1. The zero-order valence-corrected chi connectivity index (χ0v) is 11.0. The quantitative estimate of drug-likeness (QED) is 0.939. The molecule has 1 N–H and O–H groups in total. The van der Waals surface area contributed by atoms with Crippen LogP contribution >= 0.6 is 23.2 Å². The normalized spacial score (nSPS) is 21.4. The molecule has 98 valence electrons. The second-order valence-corrected chi connectivity index (χ2v) is 5.12. The summed E-state index contributed by atoms with van der Waals surface area (Å²) >= 11 is 12.2. The van der Waals surface area contributed by atoms with Crippen molar-refractivity contribution in [2.45, 2.75) is 12.3 Å². The van der Waals surface area contributed by atoms with Crippen LogP contribution in [0.25, 0.3) is 5.69 Å². The molecule has 2 atom stereocenters. The summed E-state index contributed by atoms with van der Waals surface area (Å²) in [5.74, 6) is -1.00. The molecular formula is C11H8Cl2N4O2. The highest BCUT2D eigenvalue weighted by molar-refractivity contribution is 6.37. The molecule has 0 amide bonds. The topological polar surface area (TPSA) is 80.9 Å². The first-order valence-electron chi connectivity index (χ1n) is 5.55. The van der Waals surface area contributed by atoms with Gasteiger partial charge >= 0.3 is 5.97 Å². The van der Waals surface area contributed by atoms with E-state index in [9.17, 15) is 4.79 Å². The van der Waals surface area contributed by atoms with Crippen molar-refractivity contribution in [3.8, 4) is 5.69 Å². The number of para-hydroxylation sites is 1. The number of carbonyl (C=O) groups is 1. The molecule has 6 nitrogen and oxygen atoms in total. The minimum absolute atomic E-state index is 0.195. The number of carboxylic acids is 1. The highest BCUT2D eigenvalue weighted by Gasteiger charge is 2.48. The van der Waals surface area contributed by atoms with Crippen molar-refractivity contribution in [1.29, 1.82) is 0 Å². The molecule has 1 aliphatic rings. The van der Waals surface area contributed by atoms with E-state index in [1.807, 2.05) is 0 Å². The Morgan fingerprint density at radius 1 is 1.37 bits per heavy atom. The Balaban J connectivity index is 2.04. The fourth-order valence-electron chi connectivity index (χ4n) is 2.03. The standard InChI is InChI=1S/C11H8Cl2N4O2/c12-7-2-1-3-8(13)9(7)17-10(14-15-16-17)5-4-6(5)11(18)19/h1-3,5-6H,4H2,(H,18,19). The van der Waals surface area contributed by atoms with Crippen LogP contribution in [0.1, 0.15) is 18.2 Å². The van der Waals surface area contributed by atoms with Crippen LogP contribution in [0.15, 0.2) is 18.2 Å². The number of benzene rings is 1. The van der Waals surface area contributed by atoms with Crippen LogP contribution in [-0.2, 0) is 4.79 Å². The maximum Gasteiger partial charge on any atom is 0.307 e. The first-order chi connectivity index (χ1) is 9.09. The number of halogens is 2. The number of aliphatic carboxylic acids is 1. The molecule has 0 bridgehead atoms. The lowest BCUT2D eigenvalue weighted by Gasteiger charge is -2.07. The van der Waals surface area contributed by atoms with E-state index in [0.29, 0.717) is 28.0 Å². The van der Waals surface area contributed by atoms with Gasteiger partial charge in [0.15, 0.2) is 5.82 Å². The fourth-order valence-corrected chi connectivity index (χ4v) is 2.59. The van der Waals surface area contributed by atoms with E-state index in [1.54, 1.807) is 18.2 Å². The van der Waals surface area contributed by atoms with E-state index in [1.165, 1.54) is 4.68 Å². The lowest BCUT2D eigenvalue weighted by molar-refractivity contribution is -0.138. The molecule has 1 aliphatic carbocycles. The average Bonchev–Trinajstić information content (AvgIpc) is 3.02. The third-order valence-corrected chi connectivity index (χ3v) is 3.69. The van der Waals surface area contributed by atoms with Gasteiger partial charge in [-0.15, -0.1) is 5.10 Å². The van der Waals surface area contributed by atoms with Gasteiger partial charge in [0.05, 0.1) is 16.0 Å². The smallest absolute Gasteiger partial charge is 0.307 e. The van der Waals surface area contributed by atoms with Gasteiger partial charge in [-0.05, 0) is 29.0 Å². The SMILES string of the molecule is O=C(O)C1CC1c1nnnn1-c1c(Cl)cccc1Cl. The zero-order chi connectivity index (χ0) is 13.6. The van der Waals surface area contributed by atoms with Crippen molar-refractivity contribution in [1.82, 2.24) is 20.2 Å². The number of hydrogen-bond acceptors (Lipinski definition) is 4. The van der Waals surface area contributed by atoms with E-state index in [-0.39, 0.29) is 5.92 Å². The van der Waals surface area contributed by atoms with Crippen LogP contribution < -0.4 is 0 Å². The van der Waals surface area contributed by atoms with Crippen LogP contribution in [0, 0.1) is 5.92 Å². The Kier molecular flexibility index (Phi) is 2.91. The van der Waals surface area contributed by atoms with Crippen LogP contribution in [0.2, 0.25) is 10.0 Å². The molecule has 0 radical (unpaired) electrons. The highest BCUT2D eigenvalue weighted by atomic mass is 35.5. The maximum absolute atomic E-state index is 10.9. The monoisotopic (exact) mass is 298 g/mol. The summed E-state index contributed by atoms with van der Waals surface area (Å²) in [6, 6.07) is 5.07. The summed E-state index contributed by atoms with van der Waals surface area (Å²) in [5, 5.41) is 21.1. The zero-order valence-electron chi connectivity index (χ0n) is 9.49. The van der Waals surface area contributed by atoms with Crippen LogP contribution in [-0.4, -0.2) is 31.3 Å². The Labute approximate surface area is 117 Å². The number of rotatable bonds is 3. The third kappa shape index (κ3) is 2.06. The van der Waals surface area contributed by atoms with E-state index in [0.717, 1.165) is 0 Å². The van der Waals surface area contributed by atoms with Gasteiger partial charge in [0.25, 0.3) is 0 Å². The number of hydrogen-bond donors (Lipinski definition) is 1. The Bertz CT molecular complexity index is 638. The molecule has 1 saturated carbocycles. The first kappa shape index (κ1) is 12.4. The molecule has 0 spiro atoms. The van der Waals surface area contributed by atoms with Gasteiger partial charge in [0.2, 0.25) is 0 Å². The summed E-state index contributed by atoms with van der Waals surface area (Å²) in [4.78, 5) is 10.9. The fraction of sp³-hybridized carbons (Fsp3) is 0.273. The summed E-state index contributed by atoms with van der Waals surface area (Å²) in [5.41, 5.74) is 0.474. The van der Waals surface area contributed by atoms with E-state index in [2.05, 4.69) is 15.5 Å². The number of tetrazole rings is 1. The number of aromatic nitrogens is 4. The summed E-state index contributed by atoms with van der Waals surface area (Å²) in [6.45, 7) is 0. The molecule has 1 heterocycles. The lowest BCUT2D eigenvalue weighted by atomic mass is 10.2. The van der Waals surface area contributed by atoms with E-state index in [4.69, 9.17) is 28.3 Å². The van der Waals surface area contributed by atoms with Gasteiger partial charge in [0.1, 0.15) is 5.69 Å². The second-order valence-electron chi connectivity index (χ2n) is 4.31. The molecule has 19 heavy (non-hydrogen) atoms.